The van der Waals surface area contributed by atoms with Gasteiger partial charge in [-0.15, -0.1) is 0 Å². The van der Waals surface area contributed by atoms with E-state index in [4.69, 9.17) is 13.8 Å². The van der Waals surface area contributed by atoms with Gasteiger partial charge < -0.3 is 18.7 Å². The first-order chi connectivity index (χ1) is 13.6. The molecule has 1 unspecified atom stereocenters. The van der Waals surface area contributed by atoms with Crippen molar-refractivity contribution in [3.8, 4) is 5.75 Å². The third-order valence-corrected chi connectivity index (χ3v) is 7.12. The third kappa shape index (κ3) is 5.50. The zero-order valence-electron chi connectivity index (χ0n) is 16.6. The maximum atomic E-state index is 12.7. The molecular formula is C21H22NaO5PS. The van der Waals surface area contributed by atoms with Gasteiger partial charge in [-0.25, -0.2) is 0 Å². The molecule has 5 nitrogen and oxygen atoms in total. The van der Waals surface area contributed by atoms with Crippen LogP contribution >= 0.6 is 19.6 Å². The standard InChI is InChI=1S/C21H23O5PS.Na/c1-24-18-12-7-11-17-19(14-15-8-5-6-13-20(15)28-21(17)18)26-27(22,23)25-16-9-3-2-4-10-16;/h5-8,11-14,16H,2-4,9-10H2,1H3,(H,22,23);/q;+1/p-1. The van der Waals surface area contributed by atoms with E-state index in [1.807, 2.05) is 42.5 Å². The molecular weight excluding hydrogens is 418 g/mol. The van der Waals surface area contributed by atoms with E-state index < -0.39 is 7.82 Å². The molecule has 29 heavy (non-hydrogen) atoms. The molecule has 1 saturated carbocycles. The van der Waals surface area contributed by atoms with Crippen molar-refractivity contribution in [3.63, 3.8) is 0 Å². The Balaban J connectivity index is 0.00000240. The van der Waals surface area contributed by atoms with Crippen LogP contribution in [0.15, 0.2) is 52.3 Å². The molecule has 0 radical (unpaired) electrons. The van der Waals surface area contributed by atoms with Crippen molar-refractivity contribution in [2.24, 2.45) is 0 Å². The fraction of sp³-hybridized carbons (Fsp3) is 0.333. The van der Waals surface area contributed by atoms with Crippen LogP contribution < -0.4 is 39.2 Å². The maximum Gasteiger partial charge on any atom is 1.00 e. The number of benzene rings is 2. The van der Waals surface area contributed by atoms with E-state index in [0.717, 1.165) is 47.5 Å². The molecule has 2 aromatic carbocycles. The van der Waals surface area contributed by atoms with Crippen LogP contribution in [0.5, 0.6) is 5.75 Å². The summed E-state index contributed by atoms with van der Waals surface area (Å²) in [5, 5.41) is 0. The van der Waals surface area contributed by atoms with Crippen LogP contribution in [0.25, 0.3) is 11.8 Å². The number of phosphoric ester groups is 1. The third-order valence-electron chi connectivity index (χ3n) is 4.92. The maximum absolute atomic E-state index is 12.7. The second kappa shape index (κ2) is 10.1. The van der Waals surface area contributed by atoms with E-state index in [1.54, 1.807) is 13.2 Å². The number of hydrogen-bond acceptors (Lipinski definition) is 6. The van der Waals surface area contributed by atoms with E-state index in [2.05, 4.69) is 0 Å². The Morgan fingerprint density at radius 3 is 2.59 bits per heavy atom. The summed E-state index contributed by atoms with van der Waals surface area (Å²) in [7, 11) is -2.91. The van der Waals surface area contributed by atoms with E-state index >= 15 is 0 Å². The number of rotatable bonds is 5. The van der Waals surface area contributed by atoms with Gasteiger partial charge in [0.15, 0.2) is 0 Å². The fourth-order valence-corrected chi connectivity index (χ4v) is 5.72. The van der Waals surface area contributed by atoms with Gasteiger partial charge in [0.05, 0.1) is 18.1 Å². The van der Waals surface area contributed by atoms with Crippen molar-refractivity contribution in [1.82, 2.24) is 0 Å². The summed E-state index contributed by atoms with van der Waals surface area (Å²) < 4.78 is 29.1. The van der Waals surface area contributed by atoms with E-state index in [0.29, 0.717) is 11.3 Å². The topological polar surface area (TPSA) is 67.8 Å². The van der Waals surface area contributed by atoms with Gasteiger partial charge in [-0.2, -0.15) is 0 Å². The summed E-state index contributed by atoms with van der Waals surface area (Å²) in [6, 6.07) is 13.3. The molecule has 1 aliphatic carbocycles. The van der Waals surface area contributed by atoms with Crippen LogP contribution in [0, 0.1) is 0 Å². The Hall–Kier alpha value is -0.720. The van der Waals surface area contributed by atoms with Gasteiger partial charge in [0.25, 0.3) is 0 Å². The first kappa shape index (κ1) is 23.0. The number of fused-ring (bicyclic) bond motifs is 2. The van der Waals surface area contributed by atoms with E-state index in [-0.39, 0.29) is 41.4 Å². The van der Waals surface area contributed by atoms with Gasteiger partial charge in [0, 0.05) is 10.5 Å². The summed E-state index contributed by atoms with van der Waals surface area (Å²) in [6.45, 7) is 0. The molecule has 2 aromatic rings. The average Bonchev–Trinajstić information content (AvgIpc) is 2.84. The van der Waals surface area contributed by atoms with Gasteiger partial charge in [-0.3, -0.25) is 4.57 Å². The Morgan fingerprint density at radius 2 is 1.83 bits per heavy atom. The summed E-state index contributed by atoms with van der Waals surface area (Å²) in [4.78, 5) is 14.5. The monoisotopic (exact) mass is 440 g/mol. The van der Waals surface area contributed by atoms with Gasteiger partial charge >= 0.3 is 37.4 Å². The van der Waals surface area contributed by atoms with Crippen LogP contribution in [0.4, 0.5) is 0 Å². The SMILES string of the molecule is COc1cccc2c1Sc1ccccc1C=C2OP(=O)([O-])OC1CCCCC1.[Na+]. The number of ether oxygens (including phenoxy) is 1. The molecule has 0 amide bonds. The van der Waals surface area contributed by atoms with E-state index in [1.165, 1.54) is 11.8 Å². The van der Waals surface area contributed by atoms with Crippen LogP contribution in [0.3, 0.4) is 0 Å². The van der Waals surface area contributed by atoms with Crippen molar-refractivity contribution >= 4 is 31.4 Å². The number of methoxy groups -OCH3 is 1. The van der Waals surface area contributed by atoms with Crippen molar-refractivity contribution < 1.29 is 52.8 Å². The summed E-state index contributed by atoms with van der Waals surface area (Å²) in [6.07, 6.45) is 6.04. The first-order valence-electron chi connectivity index (χ1n) is 9.41. The van der Waals surface area contributed by atoms with Gasteiger partial charge in [0.1, 0.15) is 11.5 Å². The molecule has 1 atom stereocenters. The zero-order chi connectivity index (χ0) is 19.6. The van der Waals surface area contributed by atoms with Gasteiger partial charge in [-0.1, -0.05) is 55.3 Å². The Morgan fingerprint density at radius 1 is 1.07 bits per heavy atom. The molecule has 148 valence electrons. The second-order valence-electron chi connectivity index (χ2n) is 6.89. The van der Waals surface area contributed by atoms with Crippen LogP contribution in [-0.4, -0.2) is 13.2 Å². The molecule has 8 heteroatoms. The van der Waals surface area contributed by atoms with Crippen molar-refractivity contribution in [2.75, 3.05) is 7.11 Å². The van der Waals surface area contributed by atoms with Crippen LogP contribution in [0.2, 0.25) is 0 Å². The molecule has 1 aliphatic heterocycles. The minimum absolute atomic E-state index is 0. The Labute approximate surface area is 197 Å². The fourth-order valence-electron chi connectivity index (χ4n) is 3.57. The van der Waals surface area contributed by atoms with Crippen LogP contribution in [-0.2, 0) is 13.6 Å². The molecule has 1 heterocycles. The largest absolute Gasteiger partial charge is 1.00 e. The molecule has 0 spiro atoms. The number of hydrogen-bond donors (Lipinski definition) is 0. The van der Waals surface area contributed by atoms with E-state index in [9.17, 15) is 9.46 Å². The minimum atomic E-state index is -4.51. The summed E-state index contributed by atoms with van der Waals surface area (Å²) in [5.41, 5.74) is 1.56. The molecule has 0 saturated heterocycles. The number of phosphoric acid groups is 1. The van der Waals surface area contributed by atoms with Crippen LogP contribution in [0.1, 0.15) is 43.2 Å². The van der Waals surface area contributed by atoms with Gasteiger partial charge in [0.2, 0.25) is 0 Å². The normalized spacial score (nSPS) is 18.2. The second-order valence-corrected chi connectivity index (χ2v) is 9.23. The smallest absolute Gasteiger partial charge is 0.746 e. The molecule has 2 aliphatic rings. The van der Waals surface area contributed by atoms with Crippen molar-refractivity contribution in [2.45, 2.75) is 48.0 Å². The van der Waals surface area contributed by atoms with Crippen molar-refractivity contribution in [3.05, 3.63) is 53.6 Å². The minimum Gasteiger partial charge on any atom is -0.746 e. The summed E-state index contributed by atoms with van der Waals surface area (Å²) >= 11 is 1.53. The van der Waals surface area contributed by atoms with Crippen molar-refractivity contribution in [1.29, 1.82) is 0 Å². The first-order valence-corrected chi connectivity index (χ1v) is 11.7. The molecule has 0 N–H and O–H groups in total. The predicted octanol–water partition coefficient (Wildman–Crippen LogP) is 2.50. The Kier molecular flexibility index (Phi) is 7.96. The predicted molar refractivity (Wildman–Crippen MR) is 108 cm³/mol. The quantitative estimate of drug-likeness (QED) is 0.526. The summed E-state index contributed by atoms with van der Waals surface area (Å²) in [5.74, 6) is 0.920. The molecule has 4 rings (SSSR count). The Bertz CT molecular complexity index is 942. The molecule has 0 bridgehead atoms. The molecule has 0 aromatic heterocycles. The van der Waals surface area contributed by atoms with Gasteiger partial charge in [-0.05, 0) is 42.7 Å². The molecule has 1 fully saturated rings. The zero-order valence-corrected chi connectivity index (χ0v) is 20.3. The average molecular weight is 440 g/mol.